The van der Waals surface area contributed by atoms with E-state index in [1.54, 1.807) is 0 Å². The molecular formula is C26H26ClNO2. The highest BCUT2D eigenvalue weighted by molar-refractivity contribution is 6.30. The largest absolute Gasteiger partial charge is 0.493 e. The number of para-hydroxylation sites is 1. The van der Waals surface area contributed by atoms with Gasteiger partial charge >= 0.3 is 0 Å². The van der Waals surface area contributed by atoms with Gasteiger partial charge in [0.1, 0.15) is 18.1 Å². The van der Waals surface area contributed by atoms with E-state index in [2.05, 4.69) is 41.3 Å². The number of fused-ring (bicyclic) bond motifs is 1. The first-order valence-electron chi connectivity index (χ1n) is 10.2. The van der Waals surface area contributed by atoms with Crippen LogP contribution in [0.1, 0.15) is 23.1 Å². The molecule has 1 aliphatic heterocycles. The molecule has 0 spiro atoms. The van der Waals surface area contributed by atoms with Crippen LogP contribution in [0.2, 0.25) is 5.02 Å². The molecule has 1 aliphatic rings. The Labute approximate surface area is 183 Å². The van der Waals surface area contributed by atoms with E-state index in [-0.39, 0.29) is 0 Å². The van der Waals surface area contributed by atoms with Crippen LogP contribution >= 0.6 is 11.6 Å². The molecule has 30 heavy (non-hydrogen) atoms. The van der Waals surface area contributed by atoms with Crippen molar-refractivity contribution in [1.29, 1.82) is 0 Å². The van der Waals surface area contributed by atoms with Crippen molar-refractivity contribution in [2.24, 2.45) is 0 Å². The Bertz CT molecular complexity index is 1020. The number of likely N-dealkylation sites (N-methyl/N-ethyl adjacent to an activating group) is 1. The van der Waals surface area contributed by atoms with Crippen LogP contribution in [0.5, 0.6) is 11.5 Å². The van der Waals surface area contributed by atoms with Crippen molar-refractivity contribution in [3.8, 4) is 11.5 Å². The maximum absolute atomic E-state index is 6.14. The number of rotatable bonds is 6. The second-order valence-electron chi connectivity index (χ2n) is 7.63. The summed E-state index contributed by atoms with van der Waals surface area (Å²) >= 11 is 6.14. The van der Waals surface area contributed by atoms with Crippen molar-refractivity contribution in [2.45, 2.75) is 6.42 Å². The molecule has 0 saturated heterocycles. The Balaban J connectivity index is 1.76. The van der Waals surface area contributed by atoms with E-state index in [0.717, 1.165) is 40.6 Å². The Hall–Kier alpha value is -2.75. The third-order valence-corrected chi connectivity index (χ3v) is 5.46. The first-order chi connectivity index (χ1) is 14.6. The third kappa shape index (κ3) is 4.69. The fourth-order valence-corrected chi connectivity index (χ4v) is 3.81. The first-order valence-corrected chi connectivity index (χ1v) is 10.6. The van der Waals surface area contributed by atoms with E-state index in [4.69, 9.17) is 21.1 Å². The van der Waals surface area contributed by atoms with Crippen LogP contribution in [0.15, 0.2) is 72.8 Å². The molecule has 0 unspecified atom stereocenters. The standard InChI is InChI=1S/C26H26ClNO2/c1-28(2)16-18-29-22-13-9-20(10-14-22)26-23(19-7-11-21(27)12-8-19)15-17-30-25-6-4-3-5-24(25)26/h3-14H,15-18H2,1-2H3. The normalized spacial score (nSPS) is 13.6. The predicted molar refractivity (Wildman–Crippen MR) is 124 cm³/mol. The molecule has 4 rings (SSSR count). The summed E-state index contributed by atoms with van der Waals surface area (Å²) in [6, 6.07) is 24.7. The molecule has 0 atom stereocenters. The van der Waals surface area contributed by atoms with Gasteiger partial charge in [0.05, 0.1) is 6.61 Å². The topological polar surface area (TPSA) is 21.7 Å². The number of nitrogens with zero attached hydrogens (tertiary/aromatic N) is 1. The molecule has 3 aromatic carbocycles. The SMILES string of the molecule is CN(C)CCOc1ccc(C2=C(c3ccc(Cl)cc3)CCOc3ccccc32)cc1. The van der Waals surface area contributed by atoms with Crippen LogP contribution in [-0.2, 0) is 0 Å². The first kappa shape index (κ1) is 20.5. The molecule has 0 bridgehead atoms. The fourth-order valence-electron chi connectivity index (χ4n) is 3.68. The summed E-state index contributed by atoms with van der Waals surface area (Å²) in [6.07, 6.45) is 0.826. The Morgan fingerprint density at radius 1 is 0.900 bits per heavy atom. The summed E-state index contributed by atoms with van der Waals surface area (Å²) in [5.74, 6) is 1.80. The van der Waals surface area contributed by atoms with Gasteiger partial charge in [0, 0.05) is 23.6 Å². The zero-order valence-corrected chi connectivity index (χ0v) is 18.2. The molecule has 0 fully saturated rings. The summed E-state index contributed by atoms with van der Waals surface area (Å²) in [7, 11) is 4.09. The minimum absolute atomic E-state index is 0.643. The van der Waals surface area contributed by atoms with Gasteiger partial charge in [-0.1, -0.05) is 54.1 Å². The molecule has 0 aromatic heterocycles. The van der Waals surface area contributed by atoms with Gasteiger partial charge in [-0.2, -0.15) is 0 Å². The lowest BCUT2D eigenvalue weighted by Gasteiger charge is -2.16. The Morgan fingerprint density at radius 3 is 2.33 bits per heavy atom. The van der Waals surface area contributed by atoms with E-state index in [9.17, 15) is 0 Å². The van der Waals surface area contributed by atoms with Crippen molar-refractivity contribution >= 4 is 22.7 Å². The minimum Gasteiger partial charge on any atom is -0.493 e. The molecule has 1 heterocycles. The van der Waals surface area contributed by atoms with Gasteiger partial charge in [0.2, 0.25) is 0 Å². The smallest absolute Gasteiger partial charge is 0.127 e. The van der Waals surface area contributed by atoms with Gasteiger partial charge in [0.15, 0.2) is 0 Å². The maximum atomic E-state index is 6.14. The van der Waals surface area contributed by atoms with E-state index >= 15 is 0 Å². The van der Waals surface area contributed by atoms with Crippen LogP contribution in [0.3, 0.4) is 0 Å². The maximum Gasteiger partial charge on any atom is 0.127 e. The molecule has 3 aromatic rings. The average Bonchev–Trinajstić information content (AvgIpc) is 2.94. The zero-order valence-electron chi connectivity index (χ0n) is 17.4. The highest BCUT2D eigenvalue weighted by Gasteiger charge is 2.20. The van der Waals surface area contributed by atoms with Crippen LogP contribution in [0.25, 0.3) is 11.1 Å². The number of ether oxygens (including phenoxy) is 2. The summed E-state index contributed by atoms with van der Waals surface area (Å²) in [4.78, 5) is 2.11. The summed E-state index contributed by atoms with van der Waals surface area (Å²) < 4.78 is 12.0. The molecule has 0 saturated carbocycles. The lowest BCUT2D eigenvalue weighted by molar-refractivity contribution is 0.261. The van der Waals surface area contributed by atoms with Gasteiger partial charge in [-0.25, -0.2) is 0 Å². The van der Waals surface area contributed by atoms with E-state index in [1.807, 2.05) is 50.5 Å². The number of hydrogen-bond donors (Lipinski definition) is 0. The fraction of sp³-hybridized carbons (Fsp3) is 0.231. The Kier molecular flexibility index (Phi) is 6.41. The van der Waals surface area contributed by atoms with Gasteiger partial charge in [-0.3, -0.25) is 0 Å². The van der Waals surface area contributed by atoms with Crippen molar-refractivity contribution < 1.29 is 9.47 Å². The van der Waals surface area contributed by atoms with Crippen LogP contribution in [0.4, 0.5) is 0 Å². The zero-order chi connectivity index (χ0) is 20.9. The second kappa shape index (κ2) is 9.38. The molecule has 154 valence electrons. The molecule has 3 nitrogen and oxygen atoms in total. The minimum atomic E-state index is 0.643. The van der Waals surface area contributed by atoms with Crippen molar-refractivity contribution in [3.63, 3.8) is 0 Å². The lowest BCUT2D eigenvalue weighted by Crippen LogP contribution is -2.19. The van der Waals surface area contributed by atoms with Gasteiger partial charge in [0.25, 0.3) is 0 Å². The molecule has 4 heteroatoms. The number of halogens is 1. The Morgan fingerprint density at radius 2 is 1.60 bits per heavy atom. The van der Waals surface area contributed by atoms with Crippen LogP contribution in [-0.4, -0.2) is 38.8 Å². The summed E-state index contributed by atoms with van der Waals surface area (Å²) in [6.45, 7) is 2.20. The van der Waals surface area contributed by atoms with Crippen molar-refractivity contribution in [1.82, 2.24) is 4.90 Å². The molecular weight excluding hydrogens is 394 g/mol. The van der Waals surface area contributed by atoms with E-state index < -0.39 is 0 Å². The molecule has 0 aliphatic carbocycles. The quantitative estimate of drug-likeness (QED) is 0.487. The van der Waals surface area contributed by atoms with Gasteiger partial charge in [-0.05, 0) is 66.7 Å². The van der Waals surface area contributed by atoms with Gasteiger partial charge in [-0.15, -0.1) is 0 Å². The molecule has 0 N–H and O–H groups in total. The summed E-state index contributed by atoms with van der Waals surface area (Å²) in [5, 5.41) is 0.741. The number of hydrogen-bond acceptors (Lipinski definition) is 3. The van der Waals surface area contributed by atoms with Crippen LogP contribution < -0.4 is 9.47 Å². The van der Waals surface area contributed by atoms with Crippen LogP contribution in [0, 0.1) is 0 Å². The highest BCUT2D eigenvalue weighted by atomic mass is 35.5. The third-order valence-electron chi connectivity index (χ3n) is 5.21. The predicted octanol–water partition coefficient (Wildman–Crippen LogP) is 6.02. The summed E-state index contributed by atoms with van der Waals surface area (Å²) in [5.41, 5.74) is 5.89. The highest BCUT2D eigenvalue weighted by Crippen LogP contribution is 2.41. The van der Waals surface area contributed by atoms with Gasteiger partial charge < -0.3 is 14.4 Å². The average molecular weight is 420 g/mol. The van der Waals surface area contributed by atoms with E-state index in [0.29, 0.717) is 13.2 Å². The van der Waals surface area contributed by atoms with Crippen molar-refractivity contribution in [3.05, 3.63) is 94.5 Å². The van der Waals surface area contributed by atoms with E-state index in [1.165, 1.54) is 16.7 Å². The lowest BCUT2D eigenvalue weighted by atomic mass is 9.88. The second-order valence-corrected chi connectivity index (χ2v) is 8.07. The monoisotopic (exact) mass is 419 g/mol. The van der Waals surface area contributed by atoms with Crippen molar-refractivity contribution in [2.75, 3.05) is 33.9 Å². The number of benzene rings is 3. The molecule has 0 amide bonds. The molecule has 0 radical (unpaired) electrons.